The van der Waals surface area contributed by atoms with Crippen molar-refractivity contribution in [2.24, 2.45) is 16.8 Å². The number of carbonyl (C=O) groups excluding carboxylic acids is 3. The van der Waals surface area contributed by atoms with Gasteiger partial charge < -0.3 is 34.3 Å². The van der Waals surface area contributed by atoms with Crippen LogP contribution in [0.2, 0.25) is 0 Å². The molecule has 4 atom stereocenters. The van der Waals surface area contributed by atoms with Crippen molar-refractivity contribution in [3.63, 3.8) is 0 Å². The number of aliphatic hydroxyl groups excluding tert-OH is 2. The van der Waals surface area contributed by atoms with E-state index in [9.17, 15) is 29.7 Å². The number of hydrogen-bond acceptors (Lipinski definition) is 11. The van der Waals surface area contributed by atoms with Crippen molar-refractivity contribution >= 4 is 29.7 Å². The first-order chi connectivity index (χ1) is 25.7. The second-order valence-corrected chi connectivity index (χ2v) is 15.4. The minimum Gasteiger partial charge on any atom is -0.492 e. The Balaban J connectivity index is 1.39. The van der Waals surface area contributed by atoms with Gasteiger partial charge in [-0.15, -0.1) is 0 Å². The molecule has 2 fully saturated rings. The lowest BCUT2D eigenvalue weighted by Crippen LogP contribution is -2.47. The highest BCUT2D eigenvalue weighted by Crippen LogP contribution is 2.57. The number of rotatable bonds is 7. The van der Waals surface area contributed by atoms with Gasteiger partial charge in [0.1, 0.15) is 34.7 Å². The van der Waals surface area contributed by atoms with Crippen molar-refractivity contribution in [1.82, 2.24) is 0 Å². The largest absolute Gasteiger partial charge is 0.492 e. The SMILES string of the molecule is CCOC(=O)C1=C(C=O)/C2=C3\CCC(=O)[C@@H](C3)c3cc4c(cc3CC[C@H](CO)COc3c5c(c(CO)c(c32)O1)O[C@H]([C@@](C)(O)C1CCCC1)C5)=NCC=4. The van der Waals surface area contributed by atoms with Gasteiger partial charge in [-0.2, -0.15) is 0 Å². The Morgan fingerprint density at radius 1 is 1.08 bits per heavy atom. The van der Waals surface area contributed by atoms with Crippen LogP contribution in [0.4, 0.5) is 0 Å². The summed E-state index contributed by atoms with van der Waals surface area (Å²) in [5.41, 5.74) is 3.17. The van der Waals surface area contributed by atoms with Gasteiger partial charge in [-0.3, -0.25) is 14.6 Å². The van der Waals surface area contributed by atoms with Crippen molar-refractivity contribution in [2.45, 2.75) is 102 Å². The molecule has 0 radical (unpaired) electrons. The maximum Gasteiger partial charge on any atom is 0.375 e. The lowest BCUT2D eigenvalue weighted by molar-refractivity contribution is -0.141. The highest BCUT2D eigenvalue weighted by Gasteiger charge is 2.49. The number of carbonyl (C=O) groups is 3. The zero-order valence-corrected chi connectivity index (χ0v) is 30.4. The number of nitrogens with zero attached hydrogens (tertiary/aromatic N) is 1. The van der Waals surface area contributed by atoms with Gasteiger partial charge in [-0.25, -0.2) is 4.79 Å². The normalized spacial score (nSPS) is 26.1. The predicted octanol–water partition coefficient (Wildman–Crippen LogP) is 3.47. The van der Waals surface area contributed by atoms with Crippen LogP contribution in [0.5, 0.6) is 17.2 Å². The van der Waals surface area contributed by atoms with Gasteiger partial charge in [0.25, 0.3) is 0 Å². The molecule has 2 aromatic carbocycles. The Morgan fingerprint density at radius 2 is 1.89 bits per heavy atom. The summed E-state index contributed by atoms with van der Waals surface area (Å²) in [6, 6.07) is 4.12. The molecule has 53 heavy (non-hydrogen) atoms. The molecular formula is C42H47NO10. The van der Waals surface area contributed by atoms with E-state index in [4.69, 9.17) is 18.9 Å². The van der Waals surface area contributed by atoms with Gasteiger partial charge in [-0.1, -0.05) is 24.5 Å². The zero-order chi connectivity index (χ0) is 37.0. The summed E-state index contributed by atoms with van der Waals surface area (Å²) >= 11 is 0. The van der Waals surface area contributed by atoms with Crippen molar-refractivity contribution in [3.8, 4) is 17.2 Å². The van der Waals surface area contributed by atoms with Crippen LogP contribution in [0, 0.1) is 11.8 Å². The Hall–Kier alpha value is -4.32. The molecule has 3 N–H and O–H groups in total. The number of aryl methyl sites for hydroxylation is 1. The van der Waals surface area contributed by atoms with E-state index in [-0.39, 0.29) is 79.3 Å². The Kier molecular flexibility index (Phi) is 9.53. The highest BCUT2D eigenvalue weighted by atomic mass is 16.6. The van der Waals surface area contributed by atoms with E-state index in [0.717, 1.165) is 53.0 Å². The van der Waals surface area contributed by atoms with Crippen molar-refractivity contribution < 1.29 is 48.7 Å². The number of aldehydes is 1. The predicted molar refractivity (Wildman–Crippen MR) is 193 cm³/mol. The first kappa shape index (κ1) is 35.7. The van der Waals surface area contributed by atoms with Crippen LogP contribution in [0.25, 0.3) is 11.6 Å². The number of esters is 1. The first-order valence-corrected chi connectivity index (χ1v) is 19.1. The van der Waals surface area contributed by atoms with Crippen molar-refractivity contribution in [3.05, 3.63) is 67.4 Å². The summed E-state index contributed by atoms with van der Waals surface area (Å²) in [7, 11) is 0. The number of aliphatic hydroxyl groups is 3. The van der Waals surface area contributed by atoms with Crippen LogP contribution in [-0.2, 0) is 38.6 Å². The van der Waals surface area contributed by atoms with Gasteiger partial charge in [0.05, 0.1) is 48.4 Å². The van der Waals surface area contributed by atoms with Crippen LogP contribution >= 0.6 is 0 Å². The smallest absolute Gasteiger partial charge is 0.375 e. The molecule has 2 saturated carbocycles. The fraction of sp³-hybridized carbons (Fsp3) is 0.524. The number of hydrogen-bond donors (Lipinski definition) is 3. The standard InChI is InChI=1S/C42H47NO10/c1-3-50-41(48)40-30(19-45)35-25-10-11-33(47)28(15-25)27-14-24-12-13-43-32(24)16-23(27)9-8-22(18-44)21-51-38-29-17-34(42(2,49)26-6-4-5-7-26)52-37(29)31(20-46)39(53-40)36(35)38/h12,14,16,19,22,26,28,34,44,46,49H,3-11,13,15,17-18,20-21H2,1-2H3/b35-25-/t22-,28+,34+,42+/m1/s1. The third kappa shape index (κ3) is 6.01. The fourth-order valence-electron chi connectivity index (χ4n) is 9.42. The maximum absolute atomic E-state index is 13.9. The van der Waals surface area contributed by atoms with Crippen LogP contribution in [0.15, 0.2) is 34.0 Å². The molecule has 8 rings (SSSR count). The second-order valence-electron chi connectivity index (χ2n) is 15.4. The second kappa shape index (κ2) is 14.2. The molecule has 6 aliphatic rings. The zero-order valence-electron chi connectivity index (χ0n) is 30.4. The van der Waals surface area contributed by atoms with E-state index in [2.05, 4.69) is 17.1 Å². The molecule has 0 spiro atoms. The minimum atomic E-state index is -1.19. The van der Waals surface area contributed by atoms with E-state index in [0.29, 0.717) is 60.3 Å². The molecule has 0 aromatic heterocycles. The molecule has 0 unspecified atom stereocenters. The van der Waals surface area contributed by atoms with Crippen LogP contribution in [-0.4, -0.2) is 71.4 Å². The summed E-state index contributed by atoms with van der Waals surface area (Å²) in [4.78, 5) is 45.4. The summed E-state index contributed by atoms with van der Waals surface area (Å²) in [5.74, 6) is -1.10. The topological polar surface area (TPSA) is 161 Å². The fourth-order valence-corrected chi connectivity index (χ4v) is 9.42. The van der Waals surface area contributed by atoms with Crippen molar-refractivity contribution in [2.75, 3.05) is 26.4 Å². The molecule has 11 heteroatoms. The van der Waals surface area contributed by atoms with Gasteiger partial charge in [0.2, 0.25) is 5.76 Å². The first-order valence-electron chi connectivity index (χ1n) is 19.1. The van der Waals surface area contributed by atoms with Crippen LogP contribution in [0.3, 0.4) is 0 Å². The molecule has 2 bridgehead atoms. The quantitative estimate of drug-likeness (QED) is 0.285. The third-order valence-corrected chi connectivity index (χ3v) is 12.4. The minimum absolute atomic E-state index is 0.0175. The number of Topliss-reactive ketones (excluding diaryl/α,β-unsaturated/α-hetero) is 1. The Bertz CT molecular complexity index is 2070. The van der Waals surface area contributed by atoms with E-state index in [1.54, 1.807) is 6.92 Å². The molecule has 2 aromatic rings. The summed E-state index contributed by atoms with van der Waals surface area (Å²) in [6.45, 7) is 3.49. The third-order valence-electron chi connectivity index (χ3n) is 12.4. The van der Waals surface area contributed by atoms with Crippen LogP contribution in [0.1, 0.15) is 98.9 Å². The van der Waals surface area contributed by atoms with E-state index < -0.39 is 30.2 Å². The number of ether oxygens (including phenoxy) is 4. The number of fused-ring (bicyclic) bond motifs is 7. The van der Waals surface area contributed by atoms with Gasteiger partial charge in [0, 0.05) is 42.4 Å². The van der Waals surface area contributed by atoms with E-state index >= 15 is 0 Å². The molecule has 280 valence electrons. The lowest BCUT2D eigenvalue weighted by Gasteiger charge is -2.35. The molecule has 0 saturated heterocycles. The highest BCUT2D eigenvalue weighted by molar-refractivity contribution is 6.11. The number of benzene rings is 2. The molecule has 0 amide bonds. The van der Waals surface area contributed by atoms with Gasteiger partial charge >= 0.3 is 5.97 Å². The van der Waals surface area contributed by atoms with E-state index in [1.165, 1.54) is 0 Å². The van der Waals surface area contributed by atoms with Crippen molar-refractivity contribution in [1.29, 1.82) is 0 Å². The monoisotopic (exact) mass is 725 g/mol. The summed E-state index contributed by atoms with van der Waals surface area (Å²) in [6.07, 6.45) is 8.04. The average molecular weight is 726 g/mol. The average Bonchev–Trinajstić information content (AvgIpc) is 3.96. The van der Waals surface area contributed by atoms with Gasteiger partial charge in [-0.05, 0) is 86.8 Å². The summed E-state index contributed by atoms with van der Waals surface area (Å²) < 4.78 is 25.1. The Morgan fingerprint density at radius 3 is 2.62 bits per heavy atom. The number of ketones is 1. The maximum atomic E-state index is 13.9. The molecule has 11 nitrogen and oxygen atoms in total. The summed E-state index contributed by atoms with van der Waals surface area (Å²) in [5, 5.41) is 35.5. The molecule has 4 heterocycles. The molecule has 4 aliphatic heterocycles. The Labute approximate surface area is 308 Å². The van der Waals surface area contributed by atoms with Crippen LogP contribution < -0.4 is 24.8 Å². The molecular weight excluding hydrogens is 678 g/mol. The lowest BCUT2D eigenvalue weighted by atomic mass is 9.74. The number of allylic oxidation sites excluding steroid dienone is 3. The molecule has 2 aliphatic carbocycles. The van der Waals surface area contributed by atoms with Gasteiger partial charge in [0.15, 0.2) is 6.29 Å². The van der Waals surface area contributed by atoms with E-state index in [1.807, 2.05) is 13.0 Å².